The van der Waals surface area contributed by atoms with Gasteiger partial charge in [0, 0.05) is 31.0 Å². The van der Waals surface area contributed by atoms with Crippen LogP contribution in [0.25, 0.3) is 0 Å². The van der Waals surface area contributed by atoms with Crippen LogP contribution in [0.4, 0.5) is 0 Å². The van der Waals surface area contributed by atoms with Crippen LogP contribution in [-0.2, 0) is 13.0 Å². The Bertz CT molecular complexity index is 698. The van der Waals surface area contributed by atoms with Crippen molar-refractivity contribution >= 4 is 5.96 Å². The molecule has 2 aromatic rings. The van der Waals surface area contributed by atoms with Gasteiger partial charge >= 0.3 is 0 Å². The first kappa shape index (κ1) is 19.8. The predicted octanol–water partition coefficient (Wildman–Crippen LogP) is 3.48. The van der Waals surface area contributed by atoms with E-state index in [0.717, 1.165) is 36.8 Å². The van der Waals surface area contributed by atoms with Crippen molar-refractivity contribution in [1.29, 1.82) is 0 Å². The minimum absolute atomic E-state index is 0.144. The lowest BCUT2D eigenvalue weighted by Crippen LogP contribution is -2.38. The van der Waals surface area contributed by atoms with E-state index in [9.17, 15) is 0 Å². The Kier molecular flexibility index (Phi) is 7.93. The molecule has 0 saturated heterocycles. The molecule has 0 spiro atoms. The van der Waals surface area contributed by atoms with E-state index < -0.39 is 0 Å². The third-order valence-electron chi connectivity index (χ3n) is 3.77. The van der Waals surface area contributed by atoms with Crippen molar-refractivity contribution < 1.29 is 4.74 Å². The van der Waals surface area contributed by atoms with E-state index in [2.05, 4.69) is 53.7 Å². The number of rotatable bonds is 8. The summed E-state index contributed by atoms with van der Waals surface area (Å²) in [5, 5.41) is 6.67. The highest BCUT2D eigenvalue weighted by Crippen LogP contribution is 2.22. The van der Waals surface area contributed by atoms with E-state index in [0.29, 0.717) is 6.54 Å². The molecule has 0 amide bonds. The van der Waals surface area contributed by atoms with E-state index in [-0.39, 0.29) is 6.10 Å². The minimum atomic E-state index is 0.144. The Labute approximate surface area is 156 Å². The molecule has 5 nitrogen and oxygen atoms in total. The van der Waals surface area contributed by atoms with Crippen LogP contribution in [0.5, 0.6) is 5.75 Å². The first-order valence-corrected chi connectivity index (χ1v) is 9.25. The van der Waals surface area contributed by atoms with Gasteiger partial charge in [0.05, 0.1) is 12.6 Å². The number of aryl methyl sites for hydroxylation is 1. The molecular weight excluding hydrogens is 324 g/mol. The van der Waals surface area contributed by atoms with Crippen molar-refractivity contribution in [2.75, 3.05) is 13.1 Å². The van der Waals surface area contributed by atoms with Crippen molar-refractivity contribution in [3.63, 3.8) is 0 Å². The first-order valence-electron chi connectivity index (χ1n) is 9.25. The molecule has 26 heavy (non-hydrogen) atoms. The molecule has 5 heteroatoms. The molecule has 1 aromatic carbocycles. The number of nitrogens with one attached hydrogen (secondary N) is 2. The molecule has 0 saturated carbocycles. The fraction of sp³-hybridized carbons (Fsp3) is 0.429. The fourth-order valence-corrected chi connectivity index (χ4v) is 2.53. The van der Waals surface area contributed by atoms with Crippen LogP contribution in [0.1, 0.15) is 37.5 Å². The highest BCUT2D eigenvalue weighted by molar-refractivity contribution is 5.79. The molecule has 0 aliphatic heterocycles. The van der Waals surface area contributed by atoms with Crippen LogP contribution in [0, 0.1) is 6.92 Å². The third-order valence-corrected chi connectivity index (χ3v) is 3.77. The number of nitrogens with zero attached hydrogens (tertiary/aromatic N) is 2. The number of hydrogen-bond acceptors (Lipinski definition) is 3. The molecule has 0 radical (unpaired) electrons. The summed E-state index contributed by atoms with van der Waals surface area (Å²) < 4.78 is 5.94. The van der Waals surface area contributed by atoms with Crippen LogP contribution in [0.15, 0.2) is 47.7 Å². The molecule has 0 aliphatic carbocycles. The van der Waals surface area contributed by atoms with E-state index in [1.54, 1.807) is 6.20 Å². The van der Waals surface area contributed by atoms with Gasteiger partial charge in [0.25, 0.3) is 0 Å². The zero-order valence-corrected chi connectivity index (χ0v) is 16.2. The molecule has 2 rings (SSSR count). The van der Waals surface area contributed by atoms with E-state index in [4.69, 9.17) is 9.73 Å². The Hall–Kier alpha value is -2.56. The summed E-state index contributed by atoms with van der Waals surface area (Å²) in [7, 11) is 0. The van der Waals surface area contributed by atoms with Crippen molar-refractivity contribution in [3.05, 3.63) is 59.4 Å². The molecule has 1 heterocycles. The largest absolute Gasteiger partial charge is 0.491 e. The average Bonchev–Trinajstić information content (AvgIpc) is 2.61. The summed E-state index contributed by atoms with van der Waals surface area (Å²) in [4.78, 5) is 8.86. The van der Waals surface area contributed by atoms with Crippen molar-refractivity contribution in [2.24, 2.45) is 4.99 Å². The van der Waals surface area contributed by atoms with Crippen molar-refractivity contribution in [2.45, 2.75) is 46.8 Å². The Morgan fingerprint density at radius 2 is 2.08 bits per heavy atom. The summed E-state index contributed by atoms with van der Waals surface area (Å²) in [6.45, 7) is 10.4. The predicted molar refractivity (Wildman–Crippen MR) is 108 cm³/mol. The van der Waals surface area contributed by atoms with Gasteiger partial charge in [-0.25, -0.2) is 4.99 Å². The highest BCUT2D eigenvalue weighted by atomic mass is 16.5. The number of guanidine groups is 1. The molecule has 140 valence electrons. The average molecular weight is 354 g/mol. The van der Waals surface area contributed by atoms with Gasteiger partial charge in [-0.3, -0.25) is 4.98 Å². The minimum Gasteiger partial charge on any atom is -0.491 e. The highest BCUT2D eigenvalue weighted by Gasteiger charge is 2.07. The second-order valence-electron chi connectivity index (χ2n) is 6.51. The number of pyridine rings is 1. The second-order valence-corrected chi connectivity index (χ2v) is 6.51. The Balaban J connectivity index is 1.99. The summed E-state index contributed by atoms with van der Waals surface area (Å²) in [6.07, 6.45) is 4.74. The van der Waals surface area contributed by atoms with E-state index >= 15 is 0 Å². The van der Waals surface area contributed by atoms with Gasteiger partial charge < -0.3 is 15.4 Å². The zero-order chi connectivity index (χ0) is 18.8. The Morgan fingerprint density at radius 3 is 2.77 bits per heavy atom. The first-order chi connectivity index (χ1) is 12.6. The zero-order valence-electron chi connectivity index (χ0n) is 16.2. The number of aromatic nitrogens is 1. The molecule has 0 aliphatic rings. The number of ether oxygens (including phenoxy) is 1. The maximum absolute atomic E-state index is 5.94. The third kappa shape index (κ3) is 6.75. The number of benzene rings is 1. The van der Waals surface area contributed by atoms with Crippen LogP contribution in [0.3, 0.4) is 0 Å². The lowest BCUT2D eigenvalue weighted by molar-refractivity contribution is 0.240. The quantitative estimate of drug-likeness (QED) is 0.563. The van der Waals surface area contributed by atoms with E-state index in [1.165, 1.54) is 11.1 Å². The lowest BCUT2D eigenvalue weighted by Gasteiger charge is -2.15. The summed E-state index contributed by atoms with van der Waals surface area (Å²) in [6, 6.07) is 10.3. The standard InChI is InChI=1S/C21H30N4O/c1-5-23-21(24-12-10-18-7-6-11-22-14-18)25-15-19-9-8-17(4)13-20(19)26-16(2)3/h6-9,11,13-14,16H,5,10,12,15H2,1-4H3,(H2,23,24,25). The molecular formula is C21H30N4O. The summed E-state index contributed by atoms with van der Waals surface area (Å²) >= 11 is 0. The molecule has 1 aromatic heterocycles. The van der Waals surface area contributed by atoms with Gasteiger partial charge in [-0.05, 0) is 57.4 Å². The number of aliphatic imine (C=N–C) groups is 1. The Morgan fingerprint density at radius 1 is 1.23 bits per heavy atom. The summed E-state index contributed by atoms with van der Waals surface area (Å²) in [5.41, 5.74) is 3.49. The van der Waals surface area contributed by atoms with Crippen LogP contribution < -0.4 is 15.4 Å². The van der Waals surface area contributed by atoms with Gasteiger partial charge in [-0.2, -0.15) is 0 Å². The van der Waals surface area contributed by atoms with Gasteiger partial charge in [-0.15, -0.1) is 0 Å². The smallest absolute Gasteiger partial charge is 0.191 e. The summed E-state index contributed by atoms with van der Waals surface area (Å²) in [5.74, 6) is 1.72. The van der Waals surface area contributed by atoms with Crippen LogP contribution >= 0.6 is 0 Å². The van der Waals surface area contributed by atoms with Gasteiger partial charge in [0.15, 0.2) is 5.96 Å². The molecule has 0 bridgehead atoms. The molecule has 0 unspecified atom stereocenters. The van der Waals surface area contributed by atoms with Crippen molar-refractivity contribution in [1.82, 2.24) is 15.6 Å². The fourth-order valence-electron chi connectivity index (χ4n) is 2.53. The maximum atomic E-state index is 5.94. The SMILES string of the molecule is CCNC(=NCc1ccc(C)cc1OC(C)C)NCCc1cccnc1. The molecule has 0 fully saturated rings. The van der Waals surface area contributed by atoms with Gasteiger partial charge in [-0.1, -0.05) is 18.2 Å². The second kappa shape index (κ2) is 10.4. The monoisotopic (exact) mass is 354 g/mol. The lowest BCUT2D eigenvalue weighted by atomic mass is 10.1. The molecule has 2 N–H and O–H groups in total. The van der Waals surface area contributed by atoms with Gasteiger partial charge in [0.2, 0.25) is 0 Å². The molecule has 0 atom stereocenters. The number of hydrogen-bond donors (Lipinski definition) is 2. The van der Waals surface area contributed by atoms with Gasteiger partial charge in [0.1, 0.15) is 5.75 Å². The van der Waals surface area contributed by atoms with Crippen LogP contribution in [0.2, 0.25) is 0 Å². The van der Waals surface area contributed by atoms with Crippen molar-refractivity contribution in [3.8, 4) is 5.75 Å². The van der Waals surface area contributed by atoms with Crippen LogP contribution in [-0.4, -0.2) is 30.1 Å². The normalized spacial score (nSPS) is 11.5. The maximum Gasteiger partial charge on any atom is 0.191 e. The van der Waals surface area contributed by atoms with E-state index in [1.807, 2.05) is 26.1 Å². The topological polar surface area (TPSA) is 58.5 Å².